The highest BCUT2D eigenvalue weighted by Crippen LogP contribution is 2.38. The first-order chi connectivity index (χ1) is 10.7. The summed E-state index contributed by atoms with van der Waals surface area (Å²) in [6.07, 6.45) is 2.74. The summed E-state index contributed by atoms with van der Waals surface area (Å²) in [5, 5.41) is 6.31. The summed E-state index contributed by atoms with van der Waals surface area (Å²) in [7, 11) is 0. The van der Waals surface area contributed by atoms with E-state index in [1.54, 1.807) is 0 Å². The van der Waals surface area contributed by atoms with E-state index in [-0.39, 0.29) is 18.3 Å². The summed E-state index contributed by atoms with van der Waals surface area (Å²) >= 11 is 3.49. The van der Waals surface area contributed by atoms with Gasteiger partial charge in [0.2, 0.25) is 5.91 Å². The molecule has 0 aliphatic carbocycles. The lowest BCUT2D eigenvalue weighted by atomic mass is 10.0. The maximum atomic E-state index is 11.9. The van der Waals surface area contributed by atoms with Crippen molar-refractivity contribution in [2.75, 3.05) is 26.3 Å². The van der Waals surface area contributed by atoms with Crippen molar-refractivity contribution < 1.29 is 14.3 Å². The third-order valence-corrected chi connectivity index (χ3v) is 4.68. The van der Waals surface area contributed by atoms with E-state index in [1.165, 1.54) is 6.42 Å². The van der Waals surface area contributed by atoms with Crippen LogP contribution in [0, 0.1) is 5.92 Å². The van der Waals surface area contributed by atoms with Crippen LogP contribution in [-0.4, -0.2) is 32.2 Å². The number of hydrogen-bond donors (Lipinski definition) is 2. The van der Waals surface area contributed by atoms with Gasteiger partial charge >= 0.3 is 0 Å². The van der Waals surface area contributed by atoms with Gasteiger partial charge in [-0.15, -0.1) is 12.4 Å². The van der Waals surface area contributed by atoms with E-state index in [0.29, 0.717) is 32.1 Å². The van der Waals surface area contributed by atoms with Gasteiger partial charge in [0.05, 0.1) is 4.47 Å². The molecule has 23 heavy (non-hydrogen) atoms. The van der Waals surface area contributed by atoms with Gasteiger partial charge in [-0.3, -0.25) is 4.79 Å². The van der Waals surface area contributed by atoms with Crippen molar-refractivity contribution in [3.63, 3.8) is 0 Å². The first-order valence-corrected chi connectivity index (χ1v) is 8.57. The third kappa shape index (κ3) is 4.99. The Balaban J connectivity index is 0.00000192. The average molecular weight is 406 g/mol. The van der Waals surface area contributed by atoms with Crippen LogP contribution in [0.15, 0.2) is 16.6 Å². The van der Waals surface area contributed by atoms with Crippen molar-refractivity contribution in [3.05, 3.63) is 22.2 Å². The van der Waals surface area contributed by atoms with Gasteiger partial charge in [0.1, 0.15) is 13.2 Å². The van der Waals surface area contributed by atoms with Gasteiger partial charge < -0.3 is 20.1 Å². The second-order valence-electron chi connectivity index (χ2n) is 5.78. The minimum Gasteiger partial charge on any atom is -0.486 e. The van der Waals surface area contributed by atoms with Crippen molar-refractivity contribution in [2.24, 2.45) is 5.92 Å². The van der Waals surface area contributed by atoms with E-state index in [9.17, 15) is 4.79 Å². The number of rotatable bonds is 5. The molecule has 7 heteroatoms. The number of carbonyl (C=O) groups excluding carboxylic acids is 1. The highest BCUT2D eigenvalue weighted by molar-refractivity contribution is 9.10. The minimum atomic E-state index is 0. The van der Waals surface area contributed by atoms with E-state index >= 15 is 0 Å². The SMILES string of the molecule is Cl.O=C(CCC1CCNC1)NCc1cc(Br)c2c(c1)OCCO2. The molecular formula is C16H22BrClN2O3. The fraction of sp³-hybridized carbons (Fsp3) is 0.562. The molecule has 1 aromatic carbocycles. The molecule has 5 nitrogen and oxygen atoms in total. The topological polar surface area (TPSA) is 59.6 Å². The maximum absolute atomic E-state index is 11.9. The van der Waals surface area contributed by atoms with E-state index in [0.717, 1.165) is 41.0 Å². The highest BCUT2D eigenvalue weighted by Gasteiger charge is 2.17. The van der Waals surface area contributed by atoms with Crippen LogP contribution >= 0.6 is 28.3 Å². The summed E-state index contributed by atoms with van der Waals surface area (Å²) < 4.78 is 12.0. The maximum Gasteiger partial charge on any atom is 0.220 e. The van der Waals surface area contributed by atoms with E-state index in [4.69, 9.17) is 9.47 Å². The largest absolute Gasteiger partial charge is 0.486 e. The molecule has 1 amide bonds. The molecule has 3 rings (SSSR count). The Kier molecular flexibility index (Phi) is 6.99. The summed E-state index contributed by atoms with van der Waals surface area (Å²) in [5.74, 6) is 2.24. The number of ether oxygens (including phenoxy) is 2. The molecule has 1 atom stereocenters. The van der Waals surface area contributed by atoms with E-state index in [2.05, 4.69) is 26.6 Å². The van der Waals surface area contributed by atoms with Gasteiger partial charge in [-0.05, 0) is 65.5 Å². The van der Waals surface area contributed by atoms with Crippen molar-refractivity contribution in [1.82, 2.24) is 10.6 Å². The minimum absolute atomic E-state index is 0. The number of halogens is 2. The molecule has 128 valence electrons. The lowest BCUT2D eigenvalue weighted by Crippen LogP contribution is -2.24. The molecule has 1 unspecified atom stereocenters. The Labute approximate surface area is 151 Å². The first-order valence-electron chi connectivity index (χ1n) is 7.78. The van der Waals surface area contributed by atoms with Crippen LogP contribution in [0.1, 0.15) is 24.8 Å². The quantitative estimate of drug-likeness (QED) is 0.791. The molecule has 1 aromatic rings. The smallest absolute Gasteiger partial charge is 0.220 e. The fourth-order valence-electron chi connectivity index (χ4n) is 2.85. The summed E-state index contributed by atoms with van der Waals surface area (Å²) in [5.41, 5.74) is 1.01. The Bertz CT molecular complexity index is 550. The third-order valence-electron chi connectivity index (χ3n) is 4.09. The van der Waals surface area contributed by atoms with Crippen LogP contribution in [0.3, 0.4) is 0 Å². The normalized spacial score (nSPS) is 19.1. The van der Waals surface area contributed by atoms with Crippen LogP contribution in [0.2, 0.25) is 0 Å². The van der Waals surface area contributed by atoms with Crippen LogP contribution in [0.5, 0.6) is 11.5 Å². The summed E-state index contributed by atoms with van der Waals surface area (Å²) in [6.45, 7) is 3.76. The molecular weight excluding hydrogens is 384 g/mol. The van der Waals surface area contributed by atoms with Crippen LogP contribution in [0.4, 0.5) is 0 Å². The van der Waals surface area contributed by atoms with Crippen molar-refractivity contribution in [1.29, 1.82) is 0 Å². The van der Waals surface area contributed by atoms with Crippen molar-refractivity contribution >= 4 is 34.2 Å². The molecule has 1 saturated heterocycles. The van der Waals surface area contributed by atoms with Gasteiger partial charge in [-0.2, -0.15) is 0 Å². The zero-order chi connectivity index (χ0) is 15.4. The first kappa shape index (κ1) is 18.4. The molecule has 2 aliphatic rings. The molecule has 2 aliphatic heterocycles. The molecule has 0 saturated carbocycles. The van der Waals surface area contributed by atoms with Crippen molar-refractivity contribution in [2.45, 2.75) is 25.8 Å². The average Bonchev–Trinajstić information content (AvgIpc) is 3.04. The predicted molar refractivity (Wildman–Crippen MR) is 94.4 cm³/mol. The zero-order valence-electron chi connectivity index (χ0n) is 12.9. The van der Waals surface area contributed by atoms with Crippen LogP contribution in [0.25, 0.3) is 0 Å². The Morgan fingerprint density at radius 2 is 2.17 bits per heavy atom. The number of carbonyl (C=O) groups is 1. The van der Waals surface area contributed by atoms with Crippen LogP contribution in [-0.2, 0) is 11.3 Å². The van der Waals surface area contributed by atoms with Gasteiger partial charge in [0.15, 0.2) is 11.5 Å². The lowest BCUT2D eigenvalue weighted by Gasteiger charge is -2.20. The lowest BCUT2D eigenvalue weighted by molar-refractivity contribution is -0.121. The molecule has 1 fully saturated rings. The van der Waals surface area contributed by atoms with E-state index < -0.39 is 0 Å². The number of benzene rings is 1. The number of hydrogen-bond acceptors (Lipinski definition) is 4. The number of amides is 1. The summed E-state index contributed by atoms with van der Waals surface area (Å²) in [6, 6.07) is 3.90. The monoisotopic (exact) mass is 404 g/mol. The van der Waals surface area contributed by atoms with Gasteiger partial charge in [-0.25, -0.2) is 0 Å². The summed E-state index contributed by atoms with van der Waals surface area (Å²) in [4.78, 5) is 11.9. The number of fused-ring (bicyclic) bond motifs is 1. The Hall–Kier alpha value is -0.980. The standard InChI is InChI=1S/C16H21BrN2O3.ClH/c17-13-7-12(8-14-16(13)22-6-5-21-14)10-19-15(20)2-1-11-3-4-18-9-11;/h7-8,11,18H,1-6,9-10H2,(H,19,20);1H. The second kappa shape index (κ2) is 8.76. The van der Waals surface area contributed by atoms with Gasteiger partial charge in [-0.1, -0.05) is 0 Å². The molecule has 0 bridgehead atoms. The Morgan fingerprint density at radius 1 is 1.35 bits per heavy atom. The zero-order valence-corrected chi connectivity index (χ0v) is 15.3. The molecule has 0 radical (unpaired) electrons. The second-order valence-corrected chi connectivity index (χ2v) is 6.63. The molecule has 2 N–H and O–H groups in total. The molecule has 2 heterocycles. The highest BCUT2D eigenvalue weighted by atomic mass is 79.9. The van der Waals surface area contributed by atoms with Gasteiger partial charge in [0, 0.05) is 13.0 Å². The molecule has 0 spiro atoms. The van der Waals surface area contributed by atoms with Crippen molar-refractivity contribution in [3.8, 4) is 11.5 Å². The Morgan fingerprint density at radius 3 is 2.96 bits per heavy atom. The van der Waals surface area contributed by atoms with Gasteiger partial charge in [0.25, 0.3) is 0 Å². The fourth-order valence-corrected chi connectivity index (χ4v) is 3.46. The van der Waals surface area contributed by atoms with E-state index in [1.807, 2.05) is 12.1 Å². The number of nitrogens with one attached hydrogen (secondary N) is 2. The van der Waals surface area contributed by atoms with Crippen LogP contribution < -0.4 is 20.1 Å². The predicted octanol–water partition coefficient (Wildman–Crippen LogP) is 2.65. The molecule has 0 aromatic heterocycles.